The maximum atomic E-state index is 13.1. The molecule has 2 aromatic carbocycles. The smallest absolute Gasteiger partial charge is 0.251 e. The maximum Gasteiger partial charge on any atom is 0.251 e. The molecule has 0 spiro atoms. The summed E-state index contributed by atoms with van der Waals surface area (Å²) in [6, 6.07) is 12.7. The average Bonchev–Trinajstić information content (AvgIpc) is 2.69. The van der Waals surface area contributed by atoms with Crippen LogP contribution in [0.3, 0.4) is 0 Å². The first kappa shape index (κ1) is 21.5. The van der Waals surface area contributed by atoms with Crippen molar-refractivity contribution >= 4 is 15.9 Å². The van der Waals surface area contributed by atoms with Crippen molar-refractivity contribution in [3.8, 4) is 0 Å². The molecule has 7 heteroatoms. The second-order valence-electron chi connectivity index (χ2n) is 7.79. The zero-order valence-corrected chi connectivity index (χ0v) is 18.3. The molecule has 0 aliphatic carbocycles. The van der Waals surface area contributed by atoms with Crippen molar-refractivity contribution in [2.24, 2.45) is 0 Å². The zero-order valence-electron chi connectivity index (χ0n) is 17.5. The van der Waals surface area contributed by atoms with Crippen LogP contribution >= 0.6 is 0 Å². The minimum absolute atomic E-state index is 0.179. The van der Waals surface area contributed by atoms with Gasteiger partial charge in [-0.3, -0.25) is 4.79 Å². The maximum absolute atomic E-state index is 13.1. The van der Waals surface area contributed by atoms with E-state index in [4.69, 9.17) is 0 Å². The number of carbonyl (C=O) groups excluding carboxylic acids is 1. The van der Waals surface area contributed by atoms with Crippen LogP contribution in [0.4, 0.5) is 0 Å². The van der Waals surface area contributed by atoms with Crippen LogP contribution < -0.4 is 5.32 Å². The number of nitrogens with zero attached hydrogens (tertiary/aromatic N) is 2. The second-order valence-corrected chi connectivity index (χ2v) is 9.70. The van der Waals surface area contributed by atoms with Crippen molar-refractivity contribution in [3.05, 3.63) is 64.7 Å². The number of nitrogens with one attached hydrogen (secondary N) is 1. The highest BCUT2D eigenvalue weighted by molar-refractivity contribution is 7.89. The summed E-state index contributed by atoms with van der Waals surface area (Å²) in [5.74, 6) is -0.284. The first-order valence-corrected chi connectivity index (χ1v) is 11.3. The molecule has 3 rings (SSSR count). The molecule has 6 nitrogen and oxygen atoms in total. The quantitative estimate of drug-likeness (QED) is 0.815. The third kappa shape index (κ3) is 4.86. The Balaban J connectivity index is 1.80. The number of likely N-dealkylation sites (N-methyl/N-ethyl adjacent to an activating group) is 1. The average molecular weight is 416 g/mol. The van der Waals surface area contributed by atoms with Gasteiger partial charge in [-0.05, 0) is 51.1 Å². The molecule has 0 bridgehead atoms. The van der Waals surface area contributed by atoms with Gasteiger partial charge in [0.2, 0.25) is 10.0 Å². The van der Waals surface area contributed by atoms with Crippen molar-refractivity contribution < 1.29 is 13.2 Å². The fourth-order valence-corrected chi connectivity index (χ4v) is 5.08. The molecule has 1 atom stereocenters. The first-order chi connectivity index (χ1) is 13.7. The number of hydrogen-bond acceptors (Lipinski definition) is 4. The number of sulfonamides is 1. The molecule has 29 heavy (non-hydrogen) atoms. The Morgan fingerprint density at radius 1 is 1.00 bits per heavy atom. The Labute approximate surface area is 173 Å². The summed E-state index contributed by atoms with van der Waals surface area (Å²) in [5, 5.41) is 2.96. The van der Waals surface area contributed by atoms with Crippen LogP contribution in [0, 0.1) is 13.8 Å². The Hall–Kier alpha value is -2.22. The van der Waals surface area contributed by atoms with Gasteiger partial charge in [-0.2, -0.15) is 4.31 Å². The first-order valence-electron chi connectivity index (χ1n) is 9.85. The highest BCUT2D eigenvalue weighted by Gasteiger charge is 2.29. The van der Waals surface area contributed by atoms with E-state index in [9.17, 15) is 13.2 Å². The lowest BCUT2D eigenvalue weighted by atomic mass is 10.1. The molecule has 1 heterocycles. The van der Waals surface area contributed by atoms with Crippen LogP contribution in [0.1, 0.15) is 40.0 Å². The molecular formula is C22H29N3O3S. The standard InChI is InChI=1S/C22H29N3O3S/c1-16-5-8-19(9-6-16)18(3)23-22(26)20-10-7-17(2)21(15-20)29(27,28)25-13-11-24(4)12-14-25/h5-10,15,18H,11-14H2,1-4H3,(H,23,26)/t18-/m0/s1. The molecule has 1 saturated heterocycles. The van der Waals surface area contributed by atoms with Gasteiger partial charge in [-0.1, -0.05) is 35.9 Å². The summed E-state index contributed by atoms with van der Waals surface area (Å²) in [4.78, 5) is 15.1. The fourth-order valence-electron chi connectivity index (χ4n) is 3.41. The lowest BCUT2D eigenvalue weighted by Crippen LogP contribution is -2.47. The van der Waals surface area contributed by atoms with Crippen molar-refractivity contribution in [3.63, 3.8) is 0 Å². The van der Waals surface area contributed by atoms with E-state index in [1.165, 1.54) is 10.4 Å². The largest absolute Gasteiger partial charge is 0.346 e. The highest BCUT2D eigenvalue weighted by Crippen LogP contribution is 2.23. The molecule has 2 aromatic rings. The van der Waals surface area contributed by atoms with E-state index in [0.717, 1.165) is 11.1 Å². The van der Waals surface area contributed by atoms with Crippen LogP contribution in [-0.2, 0) is 10.0 Å². The third-order valence-electron chi connectivity index (χ3n) is 5.46. The molecule has 0 unspecified atom stereocenters. The van der Waals surface area contributed by atoms with E-state index in [-0.39, 0.29) is 16.8 Å². The van der Waals surface area contributed by atoms with E-state index in [0.29, 0.717) is 37.3 Å². The predicted octanol–water partition coefficient (Wildman–Crippen LogP) is 2.73. The van der Waals surface area contributed by atoms with E-state index < -0.39 is 10.0 Å². The highest BCUT2D eigenvalue weighted by atomic mass is 32.2. The minimum Gasteiger partial charge on any atom is -0.346 e. The van der Waals surface area contributed by atoms with Gasteiger partial charge in [-0.25, -0.2) is 8.42 Å². The van der Waals surface area contributed by atoms with Crippen molar-refractivity contribution in [1.29, 1.82) is 0 Å². The Morgan fingerprint density at radius 3 is 2.24 bits per heavy atom. The summed E-state index contributed by atoms with van der Waals surface area (Å²) in [6.07, 6.45) is 0. The number of hydrogen-bond donors (Lipinski definition) is 1. The number of aryl methyl sites for hydroxylation is 2. The molecule has 1 N–H and O–H groups in total. The lowest BCUT2D eigenvalue weighted by Gasteiger charge is -2.32. The molecule has 156 valence electrons. The summed E-state index contributed by atoms with van der Waals surface area (Å²) in [7, 11) is -1.65. The Morgan fingerprint density at radius 2 is 1.62 bits per heavy atom. The molecule has 0 radical (unpaired) electrons. The monoisotopic (exact) mass is 415 g/mol. The van der Waals surface area contributed by atoms with Crippen molar-refractivity contribution in [2.45, 2.75) is 31.7 Å². The molecule has 1 aliphatic rings. The number of benzene rings is 2. The SMILES string of the molecule is Cc1ccc([C@H](C)NC(=O)c2ccc(C)c(S(=O)(=O)N3CCN(C)CC3)c2)cc1. The third-order valence-corrected chi connectivity index (χ3v) is 7.50. The number of rotatable bonds is 5. The van der Waals surface area contributed by atoms with E-state index >= 15 is 0 Å². The van der Waals surface area contributed by atoms with Gasteiger partial charge in [0.15, 0.2) is 0 Å². The van der Waals surface area contributed by atoms with Gasteiger partial charge in [0.25, 0.3) is 5.91 Å². The van der Waals surface area contributed by atoms with Crippen LogP contribution in [0.2, 0.25) is 0 Å². The minimum atomic E-state index is -3.63. The number of amides is 1. The topological polar surface area (TPSA) is 69.7 Å². The van der Waals surface area contributed by atoms with Gasteiger partial charge in [-0.15, -0.1) is 0 Å². The normalized spacial score (nSPS) is 17.1. The van der Waals surface area contributed by atoms with Gasteiger partial charge in [0, 0.05) is 31.7 Å². The molecule has 1 fully saturated rings. The van der Waals surface area contributed by atoms with Crippen LogP contribution in [0.5, 0.6) is 0 Å². The molecule has 0 aromatic heterocycles. The summed E-state index contributed by atoms with van der Waals surface area (Å²) in [6.45, 7) is 8.01. The lowest BCUT2D eigenvalue weighted by molar-refractivity contribution is 0.0939. The van der Waals surface area contributed by atoms with Gasteiger partial charge >= 0.3 is 0 Å². The number of carbonyl (C=O) groups is 1. The number of piperazine rings is 1. The summed E-state index contributed by atoms with van der Waals surface area (Å²) >= 11 is 0. The molecular weight excluding hydrogens is 386 g/mol. The van der Waals surface area contributed by atoms with E-state index in [1.807, 2.05) is 45.2 Å². The Kier molecular flexibility index (Phi) is 6.41. The van der Waals surface area contributed by atoms with Gasteiger partial charge in [0.05, 0.1) is 10.9 Å². The summed E-state index contributed by atoms with van der Waals surface area (Å²) in [5.41, 5.74) is 3.15. The summed E-state index contributed by atoms with van der Waals surface area (Å²) < 4.78 is 27.8. The van der Waals surface area contributed by atoms with Gasteiger partial charge in [0.1, 0.15) is 0 Å². The van der Waals surface area contributed by atoms with Crippen LogP contribution in [0.15, 0.2) is 47.4 Å². The van der Waals surface area contributed by atoms with Crippen molar-refractivity contribution in [1.82, 2.24) is 14.5 Å². The van der Waals surface area contributed by atoms with Gasteiger partial charge < -0.3 is 10.2 Å². The molecule has 1 aliphatic heterocycles. The Bertz CT molecular complexity index is 979. The molecule has 1 amide bonds. The van der Waals surface area contributed by atoms with E-state index in [2.05, 4.69) is 10.2 Å². The fraction of sp³-hybridized carbons (Fsp3) is 0.409. The van der Waals surface area contributed by atoms with Crippen LogP contribution in [-0.4, -0.2) is 56.8 Å². The van der Waals surface area contributed by atoms with Crippen molar-refractivity contribution in [2.75, 3.05) is 33.2 Å². The van der Waals surface area contributed by atoms with E-state index in [1.54, 1.807) is 19.1 Å². The van der Waals surface area contributed by atoms with Crippen LogP contribution in [0.25, 0.3) is 0 Å². The molecule has 0 saturated carbocycles. The predicted molar refractivity (Wildman–Crippen MR) is 114 cm³/mol. The second kappa shape index (κ2) is 8.65. The zero-order chi connectivity index (χ0) is 21.2.